The van der Waals surface area contributed by atoms with Gasteiger partial charge in [-0.1, -0.05) is 0 Å². The second kappa shape index (κ2) is 6.71. The minimum atomic E-state index is -3.94. The van der Waals surface area contributed by atoms with Crippen molar-refractivity contribution in [1.82, 2.24) is 14.8 Å². The summed E-state index contributed by atoms with van der Waals surface area (Å²) in [5.74, 6) is 0.102. The molecule has 0 radical (unpaired) electrons. The van der Waals surface area contributed by atoms with Gasteiger partial charge in [-0.25, -0.2) is 8.42 Å². The minimum absolute atomic E-state index is 0.0673. The van der Waals surface area contributed by atoms with Crippen LogP contribution in [-0.4, -0.2) is 33.1 Å². The largest absolute Gasteiger partial charge is 0.493 e. The van der Waals surface area contributed by atoms with Gasteiger partial charge in [-0.15, -0.1) is 4.83 Å². The highest BCUT2D eigenvalue weighted by Gasteiger charge is 2.19. The third-order valence-electron chi connectivity index (χ3n) is 3.14. The maximum absolute atomic E-state index is 12.2. The molecular weight excluding hydrogens is 322 g/mol. The Morgan fingerprint density at radius 1 is 1.13 bits per heavy atom. The van der Waals surface area contributed by atoms with Gasteiger partial charge < -0.3 is 14.0 Å². The van der Waals surface area contributed by atoms with Crippen LogP contribution >= 0.6 is 0 Å². The summed E-state index contributed by atoms with van der Waals surface area (Å²) in [5, 5.41) is 0. The third-order valence-corrected chi connectivity index (χ3v) is 4.39. The quantitative estimate of drug-likeness (QED) is 0.754. The average Bonchev–Trinajstić information content (AvgIpc) is 2.98. The fourth-order valence-corrected chi connectivity index (χ4v) is 2.77. The van der Waals surface area contributed by atoms with E-state index in [1.165, 1.54) is 32.4 Å². The van der Waals surface area contributed by atoms with Gasteiger partial charge in [-0.3, -0.25) is 10.2 Å². The summed E-state index contributed by atoms with van der Waals surface area (Å²) in [6.45, 7) is 0. The molecule has 0 aliphatic rings. The predicted molar refractivity (Wildman–Crippen MR) is 82.7 cm³/mol. The number of nitrogens with zero attached hydrogens (tertiary/aromatic N) is 1. The van der Waals surface area contributed by atoms with E-state index in [0.29, 0.717) is 11.4 Å². The maximum atomic E-state index is 12.2. The molecule has 0 aliphatic heterocycles. The van der Waals surface area contributed by atoms with Crippen LogP contribution in [0.5, 0.6) is 11.5 Å². The van der Waals surface area contributed by atoms with Crippen molar-refractivity contribution < 1.29 is 22.7 Å². The summed E-state index contributed by atoms with van der Waals surface area (Å²) in [7, 11) is 0.585. The average molecular weight is 339 g/mol. The molecule has 1 aromatic heterocycles. The van der Waals surface area contributed by atoms with E-state index in [-0.39, 0.29) is 10.6 Å². The number of nitrogens with one attached hydrogen (secondary N) is 2. The van der Waals surface area contributed by atoms with Crippen LogP contribution in [0.15, 0.2) is 41.4 Å². The fourth-order valence-electron chi connectivity index (χ4n) is 1.92. The lowest BCUT2D eigenvalue weighted by atomic mass is 10.3. The molecule has 1 amide bonds. The van der Waals surface area contributed by atoms with Crippen LogP contribution in [0.4, 0.5) is 0 Å². The van der Waals surface area contributed by atoms with E-state index >= 15 is 0 Å². The highest BCUT2D eigenvalue weighted by Crippen LogP contribution is 2.29. The van der Waals surface area contributed by atoms with Crippen molar-refractivity contribution in [3.8, 4) is 11.5 Å². The normalized spacial score (nSPS) is 11.1. The van der Waals surface area contributed by atoms with E-state index in [9.17, 15) is 13.2 Å². The lowest BCUT2D eigenvalue weighted by Crippen LogP contribution is -2.42. The van der Waals surface area contributed by atoms with Crippen LogP contribution in [0.25, 0.3) is 0 Å². The zero-order chi connectivity index (χ0) is 17.0. The number of hydrazine groups is 1. The second-order valence-corrected chi connectivity index (χ2v) is 6.26. The molecule has 23 heavy (non-hydrogen) atoms. The molecule has 0 bridgehead atoms. The summed E-state index contributed by atoms with van der Waals surface area (Å²) in [4.78, 5) is 13.9. The zero-order valence-corrected chi connectivity index (χ0v) is 13.7. The summed E-state index contributed by atoms with van der Waals surface area (Å²) < 4.78 is 36.1. The number of benzene rings is 1. The summed E-state index contributed by atoms with van der Waals surface area (Å²) in [6, 6.07) is 7.36. The number of methoxy groups -OCH3 is 2. The van der Waals surface area contributed by atoms with Crippen molar-refractivity contribution in [2.24, 2.45) is 7.05 Å². The Morgan fingerprint density at radius 2 is 1.83 bits per heavy atom. The molecule has 0 atom stereocenters. The predicted octanol–water partition coefficient (Wildman–Crippen LogP) is 0.666. The van der Waals surface area contributed by atoms with Crippen LogP contribution < -0.4 is 19.7 Å². The first kappa shape index (κ1) is 16.8. The number of aryl methyl sites for hydroxylation is 1. The van der Waals surface area contributed by atoms with Crippen LogP contribution in [0, 0.1) is 0 Å². The molecule has 0 saturated heterocycles. The van der Waals surface area contributed by atoms with Crippen LogP contribution in [0.1, 0.15) is 10.5 Å². The SMILES string of the molecule is COc1ccc(S(=O)(=O)NNC(=O)c2cccn2C)cc1OC. The van der Waals surface area contributed by atoms with E-state index in [0.717, 1.165) is 0 Å². The molecule has 2 aromatic rings. The third kappa shape index (κ3) is 3.63. The van der Waals surface area contributed by atoms with Crippen LogP contribution in [0.3, 0.4) is 0 Å². The molecule has 0 unspecified atom stereocenters. The Kier molecular flexibility index (Phi) is 4.92. The Balaban J connectivity index is 2.16. The molecule has 124 valence electrons. The highest BCUT2D eigenvalue weighted by molar-refractivity contribution is 7.89. The molecule has 8 nitrogen and oxygen atoms in total. The molecule has 0 fully saturated rings. The molecule has 0 saturated carbocycles. The summed E-state index contributed by atoms with van der Waals surface area (Å²) in [5.41, 5.74) is 2.48. The van der Waals surface area contributed by atoms with Gasteiger partial charge >= 0.3 is 0 Å². The first-order valence-corrected chi connectivity index (χ1v) is 8.03. The summed E-state index contributed by atoms with van der Waals surface area (Å²) in [6.07, 6.45) is 1.68. The zero-order valence-electron chi connectivity index (χ0n) is 12.9. The van der Waals surface area contributed by atoms with Gasteiger partial charge in [0, 0.05) is 19.3 Å². The van der Waals surface area contributed by atoms with Crippen molar-refractivity contribution in [3.05, 3.63) is 42.2 Å². The van der Waals surface area contributed by atoms with Gasteiger partial charge in [0.1, 0.15) is 5.69 Å². The molecule has 0 spiro atoms. The smallest absolute Gasteiger partial charge is 0.282 e. The first-order valence-electron chi connectivity index (χ1n) is 6.54. The topological polar surface area (TPSA) is 98.7 Å². The number of hydrogen-bond acceptors (Lipinski definition) is 5. The number of rotatable bonds is 6. The molecule has 0 aliphatic carbocycles. The maximum Gasteiger partial charge on any atom is 0.282 e. The lowest BCUT2D eigenvalue weighted by molar-refractivity contribution is 0.0937. The molecule has 9 heteroatoms. The molecule has 2 rings (SSSR count). The number of hydrogen-bond donors (Lipinski definition) is 2. The van der Waals surface area contributed by atoms with Gasteiger partial charge in [-0.05, 0) is 24.3 Å². The number of carbonyl (C=O) groups excluding carboxylic acids is 1. The monoisotopic (exact) mass is 339 g/mol. The number of sulfonamides is 1. The number of amides is 1. The molecular formula is C14H17N3O5S. The van der Waals surface area contributed by atoms with E-state index in [2.05, 4.69) is 5.43 Å². The van der Waals surface area contributed by atoms with Gasteiger partial charge in [-0.2, -0.15) is 0 Å². The van der Waals surface area contributed by atoms with E-state index in [1.54, 1.807) is 29.9 Å². The van der Waals surface area contributed by atoms with Crippen molar-refractivity contribution >= 4 is 15.9 Å². The number of aromatic nitrogens is 1. The van der Waals surface area contributed by atoms with Crippen molar-refractivity contribution in [2.45, 2.75) is 4.90 Å². The Bertz CT molecular complexity index is 814. The van der Waals surface area contributed by atoms with Crippen LogP contribution in [0.2, 0.25) is 0 Å². The number of carbonyl (C=O) groups is 1. The van der Waals surface area contributed by atoms with E-state index in [1.807, 2.05) is 4.83 Å². The highest BCUT2D eigenvalue weighted by atomic mass is 32.2. The first-order chi connectivity index (χ1) is 10.9. The Morgan fingerprint density at radius 3 is 2.39 bits per heavy atom. The Labute approximate surface area is 134 Å². The van der Waals surface area contributed by atoms with Gasteiger partial charge in [0.25, 0.3) is 15.9 Å². The van der Waals surface area contributed by atoms with Crippen molar-refractivity contribution in [3.63, 3.8) is 0 Å². The van der Waals surface area contributed by atoms with Crippen molar-refractivity contribution in [1.29, 1.82) is 0 Å². The Hall–Kier alpha value is -2.52. The molecule has 2 N–H and O–H groups in total. The molecule has 1 heterocycles. The fraction of sp³-hybridized carbons (Fsp3) is 0.214. The molecule has 1 aromatic carbocycles. The van der Waals surface area contributed by atoms with E-state index in [4.69, 9.17) is 9.47 Å². The standard InChI is InChI=1S/C14H17N3O5S/c1-17-8-4-5-11(17)14(18)15-16-23(19,20)10-6-7-12(21-2)13(9-10)22-3/h4-9,16H,1-3H3,(H,15,18). The van der Waals surface area contributed by atoms with Gasteiger partial charge in [0.05, 0.1) is 19.1 Å². The second-order valence-electron chi connectivity index (χ2n) is 4.58. The van der Waals surface area contributed by atoms with Crippen molar-refractivity contribution in [2.75, 3.05) is 14.2 Å². The number of ether oxygens (including phenoxy) is 2. The lowest BCUT2D eigenvalue weighted by Gasteiger charge is -2.11. The van der Waals surface area contributed by atoms with Gasteiger partial charge in [0.15, 0.2) is 11.5 Å². The summed E-state index contributed by atoms with van der Waals surface area (Å²) >= 11 is 0. The van der Waals surface area contributed by atoms with E-state index < -0.39 is 15.9 Å². The van der Waals surface area contributed by atoms with Gasteiger partial charge in [0.2, 0.25) is 0 Å². The minimum Gasteiger partial charge on any atom is -0.493 e. The van der Waals surface area contributed by atoms with Crippen LogP contribution in [-0.2, 0) is 17.1 Å².